The molecule has 1 saturated carbocycles. The van der Waals surface area contributed by atoms with Gasteiger partial charge in [0.15, 0.2) is 0 Å². The predicted octanol–water partition coefficient (Wildman–Crippen LogP) is 6.38. The van der Waals surface area contributed by atoms with Crippen molar-refractivity contribution in [2.45, 2.75) is 58.3 Å². The lowest BCUT2D eigenvalue weighted by Crippen LogP contribution is -2.13. The van der Waals surface area contributed by atoms with Crippen molar-refractivity contribution in [3.8, 4) is 0 Å². The van der Waals surface area contributed by atoms with Crippen LogP contribution in [0.25, 0.3) is 10.8 Å². The molecular weight excluding hydrogens is 252 g/mol. The van der Waals surface area contributed by atoms with Crippen molar-refractivity contribution in [1.29, 1.82) is 0 Å². The van der Waals surface area contributed by atoms with Crippen LogP contribution in [0.5, 0.6) is 0 Å². The van der Waals surface area contributed by atoms with Crippen LogP contribution in [0.4, 0.5) is 0 Å². The SMILES string of the molecule is CCC(Cc1ccc2ccccc2c1)CC1CCCCC1. The molecule has 0 saturated heterocycles. The zero-order valence-electron chi connectivity index (χ0n) is 13.4. The van der Waals surface area contributed by atoms with E-state index >= 15 is 0 Å². The monoisotopic (exact) mass is 280 g/mol. The highest BCUT2D eigenvalue weighted by molar-refractivity contribution is 5.82. The smallest absolute Gasteiger partial charge is 0.0181 e. The lowest BCUT2D eigenvalue weighted by molar-refractivity contribution is 0.282. The van der Waals surface area contributed by atoms with Crippen LogP contribution in [0.3, 0.4) is 0 Å². The molecule has 1 aliphatic carbocycles. The van der Waals surface area contributed by atoms with Gasteiger partial charge in [0.2, 0.25) is 0 Å². The summed E-state index contributed by atoms with van der Waals surface area (Å²) in [5.41, 5.74) is 1.52. The molecule has 1 atom stereocenters. The summed E-state index contributed by atoms with van der Waals surface area (Å²) < 4.78 is 0. The maximum absolute atomic E-state index is 2.40. The summed E-state index contributed by atoms with van der Waals surface area (Å²) in [4.78, 5) is 0. The van der Waals surface area contributed by atoms with E-state index in [2.05, 4.69) is 49.4 Å². The van der Waals surface area contributed by atoms with Gasteiger partial charge in [0.1, 0.15) is 0 Å². The molecule has 0 spiro atoms. The number of fused-ring (bicyclic) bond motifs is 1. The first-order valence-corrected chi connectivity index (χ1v) is 8.83. The van der Waals surface area contributed by atoms with Crippen LogP contribution in [-0.2, 0) is 6.42 Å². The number of rotatable bonds is 5. The molecule has 0 heterocycles. The summed E-state index contributed by atoms with van der Waals surface area (Å²) in [6, 6.07) is 15.7. The van der Waals surface area contributed by atoms with E-state index in [4.69, 9.17) is 0 Å². The molecule has 1 fully saturated rings. The molecule has 0 aromatic heterocycles. The quantitative estimate of drug-likeness (QED) is 0.596. The first-order valence-electron chi connectivity index (χ1n) is 8.83. The number of hydrogen-bond acceptors (Lipinski definition) is 0. The second-order valence-corrected chi connectivity index (χ2v) is 6.90. The normalized spacial score (nSPS) is 18.0. The van der Waals surface area contributed by atoms with Gasteiger partial charge in [0, 0.05) is 0 Å². The average Bonchev–Trinajstić information content (AvgIpc) is 2.55. The minimum Gasteiger partial charge on any atom is -0.0651 e. The van der Waals surface area contributed by atoms with Crippen molar-refractivity contribution in [3.63, 3.8) is 0 Å². The second-order valence-electron chi connectivity index (χ2n) is 6.90. The van der Waals surface area contributed by atoms with Gasteiger partial charge in [-0.1, -0.05) is 87.9 Å². The third kappa shape index (κ3) is 3.87. The number of benzene rings is 2. The maximum atomic E-state index is 2.40. The van der Waals surface area contributed by atoms with Crippen LogP contribution in [0, 0.1) is 11.8 Å². The summed E-state index contributed by atoms with van der Waals surface area (Å²) >= 11 is 0. The van der Waals surface area contributed by atoms with Crippen molar-refractivity contribution in [1.82, 2.24) is 0 Å². The Morgan fingerprint density at radius 2 is 1.71 bits per heavy atom. The fourth-order valence-corrected chi connectivity index (χ4v) is 3.99. The second kappa shape index (κ2) is 7.11. The van der Waals surface area contributed by atoms with Gasteiger partial charge in [0.25, 0.3) is 0 Å². The molecule has 0 heteroatoms. The zero-order valence-corrected chi connectivity index (χ0v) is 13.4. The molecule has 3 rings (SSSR count). The lowest BCUT2D eigenvalue weighted by Gasteiger charge is -2.26. The van der Waals surface area contributed by atoms with Crippen LogP contribution in [-0.4, -0.2) is 0 Å². The Bertz CT molecular complexity index is 563. The summed E-state index contributed by atoms with van der Waals surface area (Å²) in [5, 5.41) is 2.75. The van der Waals surface area contributed by atoms with E-state index in [-0.39, 0.29) is 0 Å². The van der Waals surface area contributed by atoms with Crippen molar-refractivity contribution < 1.29 is 0 Å². The molecule has 0 nitrogen and oxygen atoms in total. The van der Waals surface area contributed by atoms with Gasteiger partial charge in [-0.25, -0.2) is 0 Å². The topological polar surface area (TPSA) is 0 Å². The molecule has 2 aromatic carbocycles. The van der Waals surface area contributed by atoms with Crippen LogP contribution in [0.1, 0.15) is 57.4 Å². The van der Waals surface area contributed by atoms with E-state index in [0.717, 1.165) is 11.8 Å². The van der Waals surface area contributed by atoms with Crippen molar-refractivity contribution in [2.75, 3.05) is 0 Å². The minimum absolute atomic E-state index is 0.870. The molecule has 0 amide bonds. The third-order valence-corrected chi connectivity index (χ3v) is 5.31. The summed E-state index contributed by atoms with van der Waals surface area (Å²) in [6.07, 6.45) is 11.4. The molecule has 21 heavy (non-hydrogen) atoms. The highest BCUT2D eigenvalue weighted by Gasteiger charge is 2.18. The molecule has 1 aliphatic rings. The highest BCUT2D eigenvalue weighted by atomic mass is 14.2. The minimum atomic E-state index is 0.870. The van der Waals surface area contributed by atoms with Gasteiger partial charge < -0.3 is 0 Å². The van der Waals surface area contributed by atoms with Gasteiger partial charge in [-0.05, 0) is 41.0 Å². The van der Waals surface area contributed by atoms with E-state index in [9.17, 15) is 0 Å². The Labute approximate surface area is 129 Å². The zero-order chi connectivity index (χ0) is 14.5. The molecule has 0 radical (unpaired) electrons. The maximum Gasteiger partial charge on any atom is -0.0181 e. The van der Waals surface area contributed by atoms with Crippen LogP contribution in [0.2, 0.25) is 0 Å². The van der Waals surface area contributed by atoms with Crippen molar-refractivity contribution >= 4 is 10.8 Å². The van der Waals surface area contributed by atoms with E-state index in [1.807, 2.05) is 0 Å². The number of hydrogen-bond donors (Lipinski definition) is 0. The van der Waals surface area contributed by atoms with E-state index in [1.54, 1.807) is 0 Å². The summed E-state index contributed by atoms with van der Waals surface area (Å²) in [6.45, 7) is 2.37. The third-order valence-electron chi connectivity index (χ3n) is 5.31. The Hall–Kier alpha value is -1.30. The Kier molecular flexibility index (Phi) is 4.95. The van der Waals surface area contributed by atoms with E-state index < -0.39 is 0 Å². The van der Waals surface area contributed by atoms with Gasteiger partial charge in [-0.15, -0.1) is 0 Å². The molecule has 0 aliphatic heterocycles. The highest BCUT2D eigenvalue weighted by Crippen LogP contribution is 2.31. The van der Waals surface area contributed by atoms with Gasteiger partial charge in [-0.2, -0.15) is 0 Å². The van der Waals surface area contributed by atoms with Crippen molar-refractivity contribution in [3.05, 3.63) is 48.0 Å². The Morgan fingerprint density at radius 3 is 2.48 bits per heavy atom. The van der Waals surface area contributed by atoms with E-state index in [0.29, 0.717) is 0 Å². The summed E-state index contributed by atoms with van der Waals surface area (Å²) in [7, 11) is 0. The van der Waals surface area contributed by atoms with Crippen LogP contribution >= 0.6 is 0 Å². The first-order chi connectivity index (χ1) is 10.3. The Balaban J connectivity index is 1.66. The molecule has 112 valence electrons. The molecule has 2 aromatic rings. The fraction of sp³-hybridized carbons (Fsp3) is 0.524. The standard InChI is InChI=1S/C21H28/c1-2-17(14-18-8-4-3-5-9-18)15-19-12-13-20-10-6-7-11-21(20)16-19/h6-7,10-13,16-18H,2-5,8-9,14-15H2,1H3. The molecular formula is C21H28. The fourth-order valence-electron chi connectivity index (χ4n) is 3.99. The molecule has 0 bridgehead atoms. The summed E-state index contributed by atoms with van der Waals surface area (Å²) in [5.74, 6) is 1.87. The first kappa shape index (κ1) is 14.6. The van der Waals surface area contributed by atoms with E-state index in [1.165, 1.54) is 67.7 Å². The largest absolute Gasteiger partial charge is 0.0651 e. The predicted molar refractivity (Wildman–Crippen MR) is 92.6 cm³/mol. The lowest BCUT2D eigenvalue weighted by atomic mass is 9.80. The van der Waals surface area contributed by atoms with Crippen LogP contribution < -0.4 is 0 Å². The average molecular weight is 280 g/mol. The van der Waals surface area contributed by atoms with Gasteiger partial charge in [0.05, 0.1) is 0 Å². The van der Waals surface area contributed by atoms with Gasteiger partial charge >= 0.3 is 0 Å². The van der Waals surface area contributed by atoms with Crippen LogP contribution in [0.15, 0.2) is 42.5 Å². The van der Waals surface area contributed by atoms with Crippen molar-refractivity contribution in [2.24, 2.45) is 11.8 Å². The molecule has 1 unspecified atom stereocenters. The Morgan fingerprint density at radius 1 is 0.952 bits per heavy atom. The van der Waals surface area contributed by atoms with Gasteiger partial charge in [-0.3, -0.25) is 0 Å². The molecule has 0 N–H and O–H groups in total.